The maximum atomic E-state index is 11.7. The lowest BCUT2D eigenvalue weighted by Gasteiger charge is -2.38. The molecule has 0 aromatic rings. The van der Waals surface area contributed by atoms with E-state index in [1.807, 2.05) is 22.6 Å². The smallest absolute Gasteiger partial charge is 0.326 e. The van der Waals surface area contributed by atoms with Gasteiger partial charge >= 0.3 is 6.03 Å². The molecule has 1 unspecified atom stereocenters. The van der Waals surface area contributed by atoms with Gasteiger partial charge in [0.05, 0.1) is 12.2 Å². The molecule has 6 nitrogen and oxygen atoms in total. The lowest BCUT2D eigenvalue weighted by Crippen LogP contribution is -2.62. The van der Waals surface area contributed by atoms with Gasteiger partial charge < -0.3 is 9.84 Å². The van der Waals surface area contributed by atoms with Crippen LogP contribution < -0.4 is 5.32 Å². The van der Waals surface area contributed by atoms with Crippen molar-refractivity contribution in [2.75, 3.05) is 6.54 Å². The fourth-order valence-electron chi connectivity index (χ4n) is 1.99. The van der Waals surface area contributed by atoms with E-state index < -0.39 is 21.8 Å². The molecule has 7 heteroatoms. The number of nitrogens with one attached hydrogen (secondary N) is 1. The molecule has 0 spiro atoms. The summed E-state index contributed by atoms with van der Waals surface area (Å²) in [6.45, 7) is 3.82. The normalized spacial score (nSPS) is 42.8. The number of halogens is 1. The van der Waals surface area contributed by atoms with E-state index >= 15 is 0 Å². The maximum Gasteiger partial charge on any atom is 0.326 e. The number of nitrogens with zero attached hydrogens (tertiary/aromatic N) is 1. The van der Waals surface area contributed by atoms with Crippen molar-refractivity contribution in [3.05, 3.63) is 0 Å². The van der Waals surface area contributed by atoms with E-state index in [0.29, 0.717) is 13.0 Å². The quantitative estimate of drug-likeness (QED) is 0.522. The number of carbonyl (C=O) groups excluding carboxylic acids is 2. The third-order valence-corrected chi connectivity index (χ3v) is 3.96. The first-order valence-electron chi connectivity index (χ1n) is 5.46. The van der Waals surface area contributed by atoms with E-state index in [1.165, 1.54) is 4.90 Å². The van der Waals surface area contributed by atoms with Gasteiger partial charge in [0.1, 0.15) is 9.65 Å². The summed E-state index contributed by atoms with van der Waals surface area (Å²) < 4.78 is 4.85. The zero-order valence-electron chi connectivity index (χ0n) is 9.64. The van der Waals surface area contributed by atoms with Crippen LogP contribution in [-0.2, 0) is 9.53 Å². The summed E-state index contributed by atoms with van der Waals surface area (Å²) in [4.78, 5) is 24.8. The monoisotopic (exact) mass is 354 g/mol. The molecule has 96 valence electrons. The number of aliphatic hydroxyl groups is 1. The number of hydrogen-bond donors (Lipinski definition) is 2. The summed E-state index contributed by atoms with van der Waals surface area (Å²) >= 11 is 2.02. The van der Waals surface area contributed by atoms with Crippen molar-refractivity contribution in [3.8, 4) is 0 Å². The number of carbonyl (C=O) groups is 2. The van der Waals surface area contributed by atoms with Crippen LogP contribution in [0.3, 0.4) is 0 Å². The molecule has 3 amide bonds. The van der Waals surface area contributed by atoms with Gasteiger partial charge in [-0.15, -0.1) is 0 Å². The number of rotatable bonds is 1. The van der Waals surface area contributed by atoms with Crippen molar-refractivity contribution >= 4 is 34.5 Å². The summed E-state index contributed by atoms with van der Waals surface area (Å²) in [5.74, 6) is -0.286. The minimum absolute atomic E-state index is 0.286. The van der Waals surface area contributed by atoms with E-state index in [-0.39, 0.29) is 12.0 Å². The van der Waals surface area contributed by atoms with Crippen molar-refractivity contribution < 1.29 is 19.4 Å². The lowest BCUT2D eigenvalue weighted by atomic mass is 10.1. The number of ether oxygens (including phenoxy) is 1. The molecule has 0 radical (unpaired) electrons. The Morgan fingerprint density at radius 2 is 2.24 bits per heavy atom. The molecule has 2 heterocycles. The molecular formula is C10H15IN2O4. The van der Waals surface area contributed by atoms with Crippen LogP contribution in [0.15, 0.2) is 0 Å². The highest BCUT2D eigenvalue weighted by Crippen LogP contribution is 2.29. The Kier molecular flexibility index (Phi) is 3.34. The van der Waals surface area contributed by atoms with Gasteiger partial charge in [-0.05, 0) is 13.8 Å². The third kappa shape index (κ3) is 2.41. The molecule has 0 bridgehead atoms. The Labute approximate surface area is 113 Å². The zero-order chi connectivity index (χ0) is 12.8. The number of aliphatic hydroxyl groups excluding tert-OH is 1. The Balaban J connectivity index is 2.11. The summed E-state index contributed by atoms with van der Waals surface area (Å²) in [6, 6.07) is -0.449. The van der Waals surface area contributed by atoms with Crippen LogP contribution in [-0.4, -0.2) is 50.3 Å². The molecule has 0 aliphatic carbocycles. The van der Waals surface area contributed by atoms with Crippen LogP contribution in [0.4, 0.5) is 4.79 Å². The molecule has 2 aliphatic rings. The molecule has 0 aromatic heterocycles. The Bertz CT molecular complexity index is 350. The molecule has 2 fully saturated rings. The highest BCUT2D eigenvalue weighted by Gasteiger charge is 2.45. The van der Waals surface area contributed by atoms with Crippen molar-refractivity contribution in [2.45, 2.75) is 42.1 Å². The van der Waals surface area contributed by atoms with E-state index in [9.17, 15) is 14.7 Å². The van der Waals surface area contributed by atoms with Crippen molar-refractivity contribution in [1.29, 1.82) is 0 Å². The second-order valence-electron chi connectivity index (χ2n) is 4.68. The molecule has 17 heavy (non-hydrogen) atoms. The van der Waals surface area contributed by atoms with Crippen LogP contribution >= 0.6 is 22.6 Å². The molecule has 2 N–H and O–H groups in total. The highest BCUT2D eigenvalue weighted by molar-refractivity contribution is 14.1. The molecule has 2 saturated heterocycles. The Morgan fingerprint density at radius 1 is 1.59 bits per heavy atom. The van der Waals surface area contributed by atoms with Crippen LogP contribution in [0.5, 0.6) is 0 Å². The van der Waals surface area contributed by atoms with Gasteiger partial charge in [0, 0.05) is 13.0 Å². The standard InChI is InChI=1S/C10H15IN2O4/c1-5-6(14)3-7(17-5)13-4-10(2,11)8(15)12-9(13)16/h5-7,14H,3-4H2,1-2H3,(H,12,15,16)/t5-,6+,7-,10?/m1/s1. The minimum atomic E-state index is -0.661. The van der Waals surface area contributed by atoms with Crippen LogP contribution in [0, 0.1) is 0 Å². The van der Waals surface area contributed by atoms with E-state index in [2.05, 4.69) is 5.32 Å². The number of hydrogen-bond acceptors (Lipinski definition) is 4. The first-order valence-corrected chi connectivity index (χ1v) is 6.53. The van der Waals surface area contributed by atoms with Crippen molar-refractivity contribution in [2.24, 2.45) is 0 Å². The molecule has 2 aliphatic heterocycles. The fraction of sp³-hybridized carbons (Fsp3) is 0.800. The predicted molar refractivity (Wildman–Crippen MR) is 67.6 cm³/mol. The first-order chi connectivity index (χ1) is 7.81. The number of alkyl halides is 1. The van der Waals surface area contributed by atoms with E-state index in [1.54, 1.807) is 13.8 Å². The largest absolute Gasteiger partial charge is 0.390 e. The topological polar surface area (TPSA) is 78.9 Å². The average molecular weight is 354 g/mol. The predicted octanol–water partition coefficient (Wildman–Crippen LogP) is 0.228. The number of urea groups is 1. The third-order valence-electron chi connectivity index (χ3n) is 3.13. The van der Waals surface area contributed by atoms with Crippen molar-refractivity contribution in [3.63, 3.8) is 0 Å². The molecule has 4 atom stereocenters. The summed E-state index contributed by atoms with van der Waals surface area (Å²) in [6.07, 6.45) is -0.922. The Morgan fingerprint density at radius 3 is 2.76 bits per heavy atom. The molecule has 0 saturated carbocycles. The summed E-state index contributed by atoms with van der Waals surface area (Å²) in [5, 5.41) is 11.9. The lowest BCUT2D eigenvalue weighted by molar-refractivity contribution is -0.125. The highest BCUT2D eigenvalue weighted by atomic mass is 127. The molecule has 0 aromatic carbocycles. The van der Waals surface area contributed by atoms with E-state index in [0.717, 1.165) is 0 Å². The maximum absolute atomic E-state index is 11.7. The second kappa shape index (κ2) is 4.36. The first kappa shape index (κ1) is 13.0. The van der Waals surface area contributed by atoms with Gasteiger partial charge in [-0.2, -0.15) is 0 Å². The fourth-order valence-corrected chi connectivity index (χ4v) is 2.49. The second-order valence-corrected chi connectivity index (χ2v) is 7.06. The van der Waals surface area contributed by atoms with Gasteiger partial charge in [-0.1, -0.05) is 22.6 Å². The SMILES string of the molecule is C[C@H]1O[C@@H](N2CC(C)(I)C(=O)NC2=O)C[C@@H]1O. The van der Waals surface area contributed by atoms with Gasteiger partial charge in [-0.25, -0.2) is 4.79 Å². The van der Waals surface area contributed by atoms with Gasteiger partial charge in [-0.3, -0.25) is 15.0 Å². The van der Waals surface area contributed by atoms with Crippen LogP contribution in [0.2, 0.25) is 0 Å². The number of amides is 3. The number of imide groups is 1. The van der Waals surface area contributed by atoms with Gasteiger partial charge in [0.2, 0.25) is 5.91 Å². The molecule has 2 rings (SSSR count). The summed E-state index contributed by atoms with van der Waals surface area (Å²) in [7, 11) is 0. The van der Waals surface area contributed by atoms with Crippen molar-refractivity contribution in [1.82, 2.24) is 10.2 Å². The van der Waals surface area contributed by atoms with E-state index in [4.69, 9.17) is 4.74 Å². The zero-order valence-corrected chi connectivity index (χ0v) is 11.8. The molecular weight excluding hydrogens is 339 g/mol. The Hall–Kier alpha value is -0.410. The van der Waals surface area contributed by atoms with Gasteiger partial charge in [0.15, 0.2) is 0 Å². The van der Waals surface area contributed by atoms with Crippen LogP contribution in [0.1, 0.15) is 20.3 Å². The average Bonchev–Trinajstić information content (AvgIpc) is 2.53. The minimum Gasteiger partial charge on any atom is -0.390 e. The van der Waals surface area contributed by atoms with Crippen LogP contribution in [0.25, 0.3) is 0 Å². The summed E-state index contributed by atoms with van der Waals surface area (Å²) in [5.41, 5.74) is 0. The van der Waals surface area contributed by atoms with Gasteiger partial charge in [0.25, 0.3) is 0 Å².